The third kappa shape index (κ3) is 5.21. The molecule has 0 radical (unpaired) electrons. The summed E-state index contributed by atoms with van der Waals surface area (Å²) in [6, 6.07) is 2.64. The van der Waals surface area contributed by atoms with Gasteiger partial charge >= 0.3 is 5.97 Å². The van der Waals surface area contributed by atoms with Gasteiger partial charge in [-0.2, -0.15) is 16.1 Å². The number of rotatable bonds is 8. The van der Waals surface area contributed by atoms with E-state index >= 15 is 0 Å². The number of nitrogens with one attached hydrogen (secondary N) is 1. The van der Waals surface area contributed by atoms with Gasteiger partial charge in [-0.05, 0) is 42.7 Å². The van der Waals surface area contributed by atoms with Crippen LogP contribution in [-0.2, 0) is 24.3 Å². The summed E-state index contributed by atoms with van der Waals surface area (Å²) in [6.07, 6.45) is 3.31. The second-order valence-electron chi connectivity index (χ2n) is 5.98. The molecule has 2 rings (SSSR count). The predicted molar refractivity (Wildman–Crippen MR) is 103 cm³/mol. The zero-order valence-corrected chi connectivity index (χ0v) is 17.3. The van der Waals surface area contributed by atoms with E-state index < -0.39 is 22.0 Å². The molecular weight excluding hydrogens is 396 g/mol. The Kier molecular flexibility index (Phi) is 7.93. The van der Waals surface area contributed by atoms with Gasteiger partial charge in [0.25, 0.3) is 10.0 Å². The smallest absolute Gasteiger partial charge is 0.328 e. The van der Waals surface area contributed by atoms with E-state index in [1.807, 2.05) is 6.26 Å². The summed E-state index contributed by atoms with van der Waals surface area (Å²) in [5, 5.41) is 4.49. The summed E-state index contributed by atoms with van der Waals surface area (Å²) >= 11 is 2.78. The van der Waals surface area contributed by atoms with Crippen LogP contribution in [0.15, 0.2) is 21.7 Å². The highest BCUT2D eigenvalue weighted by molar-refractivity contribution is 7.98. The lowest BCUT2D eigenvalue weighted by Crippen LogP contribution is -2.48. The average molecular weight is 421 g/mol. The van der Waals surface area contributed by atoms with Gasteiger partial charge in [0.05, 0.1) is 7.11 Å². The van der Waals surface area contributed by atoms with Gasteiger partial charge in [-0.3, -0.25) is 4.79 Å². The fraction of sp³-hybridized carbons (Fsp3) is 0.625. The van der Waals surface area contributed by atoms with Crippen LogP contribution in [-0.4, -0.2) is 62.8 Å². The minimum absolute atomic E-state index is 0.213. The van der Waals surface area contributed by atoms with Gasteiger partial charge in [-0.15, -0.1) is 11.3 Å². The molecule has 1 aliphatic heterocycles. The second-order valence-corrected chi connectivity index (χ2v) is 10.1. The molecule has 26 heavy (non-hydrogen) atoms. The first kappa shape index (κ1) is 21.2. The average Bonchev–Trinajstić information content (AvgIpc) is 3.20. The van der Waals surface area contributed by atoms with Crippen LogP contribution in [0.5, 0.6) is 0 Å². The molecular formula is C16H24N2O5S3. The largest absolute Gasteiger partial charge is 0.467 e. The molecule has 7 nitrogen and oxygen atoms in total. The van der Waals surface area contributed by atoms with Crippen LogP contribution in [0.4, 0.5) is 0 Å². The Hall–Kier alpha value is -1.10. The first-order chi connectivity index (χ1) is 12.4. The minimum Gasteiger partial charge on any atom is -0.467 e. The van der Waals surface area contributed by atoms with Crippen LogP contribution in [0, 0.1) is 5.92 Å². The van der Waals surface area contributed by atoms with E-state index in [2.05, 4.69) is 5.32 Å². The van der Waals surface area contributed by atoms with Crippen molar-refractivity contribution in [3.05, 3.63) is 17.5 Å². The van der Waals surface area contributed by atoms with Crippen LogP contribution in [0.1, 0.15) is 19.3 Å². The summed E-state index contributed by atoms with van der Waals surface area (Å²) in [6.45, 7) is 0.595. The molecule has 1 N–H and O–H groups in total. The van der Waals surface area contributed by atoms with E-state index in [1.165, 1.54) is 22.8 Å². The van der Waals surface area contributed by atoms with Gasteiger partial charge in [0.15, 0.2) is 0 Å². The number of methoxy groups -OCH3 is 1. The molecule has 146 valence electrons. The number of thioether (sulfide) groups is 1. The molecule has 0 aromatic carbocycles. The Morgan fingerprint density at radius 1 is 1.42 bits per heavy atom. The molecule has 0 spiro atoms. The number of hydrogen-bond donors (Lipinski definition) is 1. The molecule has 0 unspecified atom stereocenters. The number of sulfonamides is 1. The molecule has 1 aromatic rings. The van der Waals surface area contributed by atoms with Crippen molar-refractivity contribution >= 4 is 45.0 Å². The maximum absolute atomic E-state index is 12.5. The van der Waals surface area contributed by atoms with Gasteiger partial charge in [-0.1, -0.05) is 6.07 Å². The van der Waals surface area contributed by atoms with Crippen LogP contribution < -0.4 is 5.32 Å². The number of carbonyl (C=O) groups is 2. The number of nitrogens with zero attached hydrogens (tertiary/aromatic N) is 1. The third-order valence-electron chi connectivity index (χ3n) is 4.33. The van der Waals surface area contributed by atoms with E-state index in [-0.39, 0.29) is 11.8 Å². The van der Waals surface area contributed by atoms with E-state index in [9.17, 15) is 18.0 Å². The number of hydrogen-bond acceptors (Lipinski definition) is 7. The van der Waals surface area contributed by atoms with Crippen molar-refractivity contribution in [1.82, 2.24) is 9.62 Å². The topological polar surface area (TPSA) is 92.8 Å². The van der Waals surface area contributed by atoms with Gasteiger partial charge in [-0.25, -0.2) is 13.2 Å². The lowest BCUT2D eigenvalue weighted by molar-refractivity contribution is -0.145. The lowest BCUT2D eigenvalue weighted by atomic mass is 9.96. The zero-order chi connectivity index (χ0) is 19.2. The van der Waals surface area contributed by atoms with Crippen molar-refractivity contribution in [3.8, 4) is 0 Å². The highest BCUT2D eigenvalue weighted by Gasteiger charge is 2.33. The molecule has 0 bridgehead atoms. The number of ether oxygens (including phenoxy) is 1. The molecule has 1 amide bonds. The molecule has 0 saturated carbocycles. The van der Waals surface area contributed by atoms with Crippen molar-refractivity contribution < 1.29 is 22.7 Å². The number of carbonyl (C=O) groups excluding carboxylic acids is 2. The fourth-order valence-corrected chi connectivity index (χ4v) is 5.90. The first-order valence-corrected chi connectivity index (χ1v) is 12.0. The molecule has 1 aliphatic rings. The summed E-state index contributed by atoms with van der Waals surface area (Å²) in [7, 11) is -2.18. The minimum atomic E-state index is -3.48. The molecule has 1 saturated heterocycles. The SMILES string of the molecule is COC(=O)[C@H](CCSC)NC(=O)C1CCN(S(=O)(=O)c2cccs2)CC1. The lowest BCUT2D eigenvalue weighted by Gasteiger charge is -2.30. The summed E-state index contributed by atoms with van der Waals surface area (Å²) in [4.78, 5) is 24.3. The molecule has 1 aromatic heterocycles. The predicted octanol–water partition coefficient (Wildman–Crippen LogP) is 1.56. The van der Waals surface area contributed by atoms with Crippen molar-refractivity contribution in [2.24, 2.45) is 5.92 Å². The van der Waals surface area contributed by atoms with E-state index in [4.69, 9.17) is 4.74 Å². The maximum Gasteiger partial charge on any atom is 0.328 e. The summed E-state index contributed by atoms with van der Waals surface area (Å²) < 4.78 is 31.5. The quantitative estimate of drug-likeness (QED) is 0.642. The zero-order valence-electron chi connectivity index (χ0n) is 14.8. The maximum atomic E-state index is 12.5. The number of thiophene rings is 1. The summed E-state index contributed by atoms with van der Waals surface area (Å²) in [5.74, 6) is -0.233. The van der Waals surface area contributed by atoms with Crippen molar-refractivity contribution in [2.75, 3.05) is 32.2 Å². The van der Waals surface area contributed by atoms with E-state index in [1.54, 1.807) is 29.3 Å². The van der Waals surface area contributed by atoms with Crippen molar-refractivity contribution in [1.29, 1.82) is 0 Å². The Morgan fingerprint density at radius 2 is 2.12 bits per heavy atom. The fourth-order valence-electron chi connectivity index (χ4n) is 2.81. The number of amides is 1. The Balaban J connectivity index is 1.92. The van der Waals surface area contributed by atoms with Crippen molar-refractivity contribution in [3.63, 3.8) is 0 Å². The van der Waals surface area contributed by atoms with Gasteiger partial charge < -0.3 is 10.1 Å². The highest BCUT2D eigenvalue weighted by atomic mass is 32.2. The number of esters is 1. The van der Waals surface area contributed by atoms with Crippen LogP contribution in [0.2, 0.25) is 0 Å². The highest BCUT2D eigenvalue weighted by Crippen LogP contribution is 2.26. The monoisotopic (exact) mass is 420 g/mol. The van der Waals surface area contributed by atoms with Gasteiger partial charge in [0, 0.05) is 19.0 Å². The van der Waals surface area contributed by atoms with Gasteiger partial charge in [0.2, 0.25) is 5.91 Å². The Labute approximate surface area is 162 Å². The first-order valence-electron chi connectivity index (χ1n) is 8.31. The van der Waals surface area contributed by atoms with E-state index in [0.717, 1.165) is 5.75 Å². The normalized spacial score (nSPS) is 17.6. The molecule has 1 atom stereocenters. The van der Waals surface area contributed by atoms with Crippen LogP contribution in [0.25, 0.3) is 0 Å². The Morgan fingerprint density at radius 3 is 2.65 bits per heavy atom. The van der Waals surface area contributed by atoms with Crippen molar-refractivity contribution in [2.45, 2.75) is 29.5 Å². The molecule has 2 heterocycles. The van der Waals surface area contributed by atoms with Crippen LogP contribution >= 0.6 is 23.1 Å². The summed E-state index contributed by atoms with van der Waals surface area (Å²) in [5.41, 5.74) is 0. The number of piperidine rings is 1. The standard InChI is InChI=1S/C16H24N2O5S3/c1-23-16(20)13(7-11-24-2)17-15(19)12-5-8-18(9-6-12)26(21,22)14-4-3-10-25-14/h3-4,10,12-13H,5-9,11H2,1-2H3,(H,17,19)/t13-/m0/s1. The molecule has 10 heteroatoms. The van der Waals surface area contributed by atoms with E-state index in [0.29, 0.717) is 36.6 Å². The Bertz CT molecular complexity index is 697. The third-order valence-corrected chi connectivity index (χ3v) is 8.24. The van der Waals surface area contributed by atoms with Crippen LogP contribution in [0.3, 0.4) is 0 Å². The molecule has 0 aliphatic carbocycles. The molecule has 1 fully saturated rings. The van der Waals surface area contributed by atoms with Gasteiger partial charge in [0.1, 0.15) is 10.3 Å². The second kappa shape index (κ2) is 9.72.